The van der Waals surface area contributed by atoms with Gasteiger partial charge in [-0.2, -0.15) is 0 Å². The van der Waals surface area contributed by atoms with Crippen LogP contribution in [0.15, 0.2) is 0 Å². The molecule has 2 heterocycles. The summed E-state index contributed by atoms with van der Waals surface area (Å²) in [7, 11) is 0. The molecule has 3 nitrogen and oxygen atoms in total. The van der Waals surface area contributed by atoms with Gasteiger partial charge in [-0.25, -0.2) is 0 Å². The monoisotopic (exact) mass is 212 g/mol. The van der Waals surface area contributed by atoms with E-state index in [4.69, 9.17) is 0 Å². The third-order valence-corrected chi connectivity index (χ3v) is 4.13. The van der Waals surface area contributed by atoms with Gasteiger partial charge in [-0.05, 0) is 46.6 Å². The van der Waals surface area contributed by atoms with E-state index in [0.29, 0.717) is 6.04 Å². The Morgan fingerprint density at radius 1 is 1.33 bits per heavy atom. The van der Waals surface area contributed by atoms with Crippen molar-refractivity contribution in [1.82, 2.24) is 10.2 Å². The molecule has 2 N–H and O–H groups in total. The van der Waals surface area contributed by atoms with E-state index in [1.165, 1.54) is 32.4 Å². The van der Waals surface area contributed by atoms with E-state index in [2.05, 4.69) is 17.1 Å². The van der Waals surface area contributed by atoms with Crippen molar-refractivity contribution in [2.75, 3.05) is 13.1 Å². The maximum Gasteiger partial charge on any atom is 0.0741 e. The van der Waals surface area contributed by atoms with Gasteiger partial charge >= 0.3 is 0 Å². The lowest BCUT2D eigenvalue weighted by Gasteiger charge is -2.32. The van der Waals surface area contributed by atoms with Gasteiger partial charge in [0.05, 0.1) is 5.60 Å². The third-order valence-electron chi connectivity index (χ3n) is 4.13. The quantitative estimate of drug-likeness (QED) is 0.732. The fraction of sp³-hybridized carbons (Fsp3) is 1.00. The highest BCUT2D eigenvalue weighted by molar-refractivity contribution is 4.97. The van der Waals surface area contributed by atoms with E-state index in [1.54, 1.807) is 0 Å². The molecule has 3 unspecified atom stereocenters. The SMILES string of the molecule is CC(NC1CCN2CCCC12)C(C)(C)O. The number of nitrogens with one attached hydrogen (secondary N) is 1. The number of hydrogen-bond acceptors (Lipinski definition) is 3. The molecule has 0 aromatic rings. The second-order valence-electron chi connectivity index (χ2n) is 5.68. The number of fused-ring (bicyclic) bond motifs is 1. The van der Waals surface area contributed by atoms with E-state index in [0.717, 1.165) is 6.04 Å². The molecule has 2 saturated heterocycles. The van der Waals surface area contributed by atoms with Crippen LogP contribution in [0.5, 0.6) is 0 Å². The lowest BCUT2D eigenvalue weighted by molar-refractivity contribution is 0.0383. The van der Waals surface area contributed by atoms with Crippen molar-refractivity contribution in [3.8, 4) is 0 Å². The zero-order chi connectivity index (χ0) is 11.1. The fourth-order valence-corrected chi connectivity index (χ4v) is 2.80. The number of nitrogens with zero attached hydrogens (tertiary/aromatic N) is 1. The first-order valence-corrected chi connectivity index (χ1v) is 6.21. The van der Waals surface area contributed by atoms with Crippen LogP contribution >= 0.6 is 0 Å². The molecule has 2 aliphatic rings. The minimum Gasteiger partial charge on any atom is -0.389 e. The molecule has 88 valence electrons. The normalized spacial score (nSPS) is 34.4. The average Bonchev–Trinajstić information content (AvgIpc) is 2.67. The van der Waals surface area contributed by atoms with Crippen LogP contribution in [-0.2, 0) is 0 Å². The summed E-state index contributed by atoms with van der Waals surface area (Å²) in [4.78, 5) is 2.59. The molecule has 2 aliphatic heterocycles. The van der Waals surface area contributed by atoms with E-state index in [-0.39, 0.29) is 6.04 Å². The Morgan fingerprint density at radius 2 is 2.07 bits per heavy atom. The zero-order valence-corrected chi connectivity index (χ0v) is 10.2. The van der Waals surface area contributed by atoms with Gasteiger partial charge in [0.1, 0.15) is 0 Å². The molecule has 2 fully saturated rings. The van der Waals surface area contributed by atoms with Crippen molar-refractivity contribution in [3.05, 3.63) is 0 Å². The Kier molecular flexibility index (Phi) is 3.06. The molecule has 0 aromatic carbocycles. The highest BCUT2D eigenvalue weighted by atomic mass is 16.3. The van der Waals surface area contributed by atoms with E-state index < -0.39 is 5.60 Å². The highest BCUT2D eigenvalue weighted by Crippen LogP contribution is 2.28. The summed E-state index contributed by atoms with van der Waals surface area (Å²) in [6.45, 7) is 8.36. The van der Waals surface area contributed by atoms with Crippen molar-refractivity contribution in [3.63, 3.8) is 0 Å². The highest BCUT2D eigenvalue weighted by Gasteiger charge is 2.38. The van der Waals surface area contributed by atoms with Crippen molar-refractivity contribution >= 4 is 0 Å². The van der Waals surface area contributed by atoms with Crippen LogP contribution in [-0.4, -0.2) is 46.8 Å². The van der Waals surface area contributed by atoms with Gasteiger partial charge in [-0.1, -0.05) is 0 Å². The van der Waals surface area contributed by atoms with Gasteiger partial charge < -0.3 is 10.4 Å². The lowest BCUT2D eigenvalue weighted by atomic mass is 9.97. The number of rotatable bonds is 3. The molecule has 0 amide bonds. The fourth-order valence-electron chi connectivity index (χ4n) is 2.80. The number of hydrogen-bond donors (Lipinski definition) is 2. The predicted octanol–water partition coefficient (Wildman–Crippen LogP) is 0.972. The minimum absolute atomic E-state index is 0.169. The molecule has 0 radical (unpaired) electrons. The Hall–Kier alpha value is -0.120. The van der Waals surface area contributed by atoms with Gasteiger partial charge in [0.25, 0.3) is 0 Å². The Morgan fingerprint density at radius 3 is 2.73 bits per heavy atom. The largest absolute Gasteiger partial charge is 0.389 e. The van der Waals surface area contributed by atoms with Crippen LogP contribution < -0.4 is 5.32 Å². The van der Waals surface area contributed by atoms with Crippen molar-refractivity contribution in [2.45, 2.75) is 63.8 Å². The maximum absolute atomic E-state index is 9.91. The van der Waals surface area contributed by atoms with Gasteiger partial charge in [-0.15, -0.1) is 0 Å². The van der Waals surface area contributed by atoms with Gasteiger partial charge in [0.15, 0.2) is 0 Å². The summed E-state index contributed by atoms with van der Waals surface area (Å²) >= 11 is 0. The summed E-state index contributed by atoms with van der Waals surface area (Å²) in [6.07, 6.45) is 3.92. The van der Waals surface area contributed by atoms with Gasteiger partial charge in [0, 0.05) is 24.7 Å². The molecule has 0 aliphatic carbocycles. The third kappa shape index (κ3) is 2.35. The van der Waals surface area contributed by atoms with E-state index >= 15 is 0 Å². The van der Waals surface area contributed by atoms with E-state index in [9.17, 15) is 5.11 Å². The zero-order valence-electron chi connectivity index (χ0n) is 10.2. The van der Waals surface area contributed by atoms with Crippen LogP contribution in [0, 0.1) is 0 Å². The standard InChI is InChI=1S/C12H24N2O/c1-9(12(2,3)15)13-10-6-8-14-7-4-5-11(10)14/h9-11,13,15H,4-8H2,1-3H3. The molecular weight excluding hydrogens is 188 g/mol. The van der Waals surface area contributed by atoms with Crippen molar-refractivity contribution in [1.29, 1.82) is 0 Å². The summed E-state index contributed by atoms with van der Waals surface area (Å²) in [6, 6.07) is 1.49. The topological polar surface area (TPSA) is 35.5 Å². The molecule has 15 heavy (non-hydrogen) atoms. The molecule has 0 aromatic heterocycles. The number of aliphatic hydroxyl groups is 1. The van der Waals surface area contributed by atoms with Crippen LogP contribution in [0.25, 0.3) is 0 Å². The second-order valence-corrected chi connectivity index (χ2v) is 5.68. The van der Waals surface area contributed by atoms with Crippen molar-refractivity contribution < 1.29 is 5.11 Å². The first kappa shape index (κ1) is 11.4. The molecule has 0 spiro atoms. The van der Waals surface area contributed by atoms with Crippen LogP contribution in [0.3, 0.4) is 0 Å². The summed E-state index contributed by atoms with van der Waals surface area (Å²) in [5, 5.41) is 13.5. The smallest absolute Gasteiger partial charge is 0.0741 e. The average molecular weight is 212 g/mol. The molecular formula is C12H24N2O. The minimum atomic E-state index is -0.619. The van der Waals surface area contributed by atoms with Crippen LogP contribution in [0.4, 0.5) is 0 Å². The molecule has 0 bridgehead atoms. The Labute approximate surface area is 92.8 Å². The summed E-state index contributed by atoms with van der Waals surface area (Å²) in [5.74, 6) is 0. The van der Waals surface area contributed by atoms with Crippen LogP contribution in [0.2, 0.25) is 0 Å². The van der Waals surface area contributed by atoms with Gasteiger partial charge in [0.2, 0.25) is 0 Å². The molecule has 3 heteroatoms. The molecule has 2 rings (SSSR count). The van der Waals surface area contributed by atoms with Crippen LogP contribution in [0.1, 0.15) is 40.0 Å². The summed E-state index contributed by atoms with van der Waals surface area (Å²) in [5.41, 5.74) is -0.619. The van der Waals surface area contributed by atoms with Gasteiger partial charge in [-0.3, -0.25) is 4.90 Å². The maximum atomic E-state index is 9.91. The Bertz CT molecular complexity index is 224. The lowest BCUT2D eigenvalue weighted by Crippen LogP contribution is -2.51. The second kappa shape index (κ2) is 4.04. The van der Waals surface area contributed by atoms with Crippen molar-refractivity contribution in [2.24, 2.45) is 0 Å². The predicted molar refractivity (Wildman–Crippen MR) is 61.9 cm³/mol. The Balaban J connectivity index is 1.90. The van der Waals surface area contributed by atoms with E-state index in [1.807, 2.05) is 13.8 Å². The first-order chi connectivity index (χ1) is 6.98. The first-order valence-electron chi connectivity index (χ1n) is 6.21. The molecule has 3 atom stereocenters. The summed E-state index contributed by atoms with van der Waals surface area (Å²) < 4.78 is 0. The molecule has 0 saturated carbocycles.